The zero-order valence-electron chi connectivity index (χ0n) is 11.5. The molecule has 0 unspecified atom stereocenters. The molecule has 0 aliphatic heterocycles. The first kappa shape index (κ1) is 15.6. The summed E-state index contributed by atoms with van der Waals surface area (Å²) in [7, 11) is 0. The van der Waals surface area contributed by atoms with Crippen LogP contribution in [0.5, 0.6) is 0 Å². The minimum Gasteiger partial charge on any atom is -0.301 e. The number of fused-ring (bicyclic) bond motifs is 1. The van der Waals surface area contributed by atoms with Gasteiger partial charge in [-0.15, -0.1) is 0 Å². The molecule has 1 aliphatic carbocycles. The Labute approximate surface area is 141 Å². The molecule has 22 heavy (non-hydrogen) atoms. The maximum absolute atomic E-state index is 12.2. The van der Waals surface area contributed by atoms with E-state index in [9.17, 15) is 9.59 Å². The molecule has 1 N–H and O–H groups in total. The SMILES string of the molecule is O=C(CSc1nc2c(c(=O)[nH]1)CCC2)c1ccc(Cl)cc1Cl. The van der Waals surface area contributed by atoms with Crippen LogP contribution in [0.15, 0.2) is 28.2 Å². The molecule has 0 fully saturated rings. The van der Waals surface area contributed by atoms with E-state index in [2.05, 4.69) is 9.97 Å². The molecule has 0 amide bonds. The van der Waals surface area contributed by atoms with Crippen LogP contribution >= 0.6 is 35.0 Å². The molecule has 0 spiro atoms. The second kappa shape index (κ2) is 6.44. The second-order valence-electron chi connectivity index (χ2n) is 4.99. The van der Waals surface area contributed by atoms with Gasteiger partial charge in [-0.05, 0) is 37.5 Å². The molecule has 0 bridgehead atoms. The van der Waals surface area contributed by atoms with Crippen molar-refractivity contribution in [3.05, 3.63) is 55.4 Å². The number of aromatic nitrogens is 2. The summed E-state index contributed by atoms with van der Waals surface area (Å²) in [6.07, 6.45) is 2.56. The first-order valence-electron chi connectivity index (χ1n) is 6.77. The molecule has 1 heterocycles. The van der Waals surface area contributed by atoms with E-state index < -0.39 is 0 Å². The van der Waals surface area contributed by atoms with Crippen LogP contribution in [-0.2, 0) is 12.8 Å². The number of thioether (sulfide) groups is 1. The van der Waals surface area contributed by atoms with Gasteiger partial charge in [0, 0.05) is 16.1 Å². The number of nitrogens with one attached hydrogen (secondary N) is 1. The number of hydrogen-bond donors (Lipinski definition) is 1. The van der Waals surface area contributed by atoms with Crippen molar-refractivity contribution in [3.8, 4) is 0 Å². The minimum atomic E-state index is -0.130. The van der Waals surface area contributed by atoms with Crippen LogP contribution in [-0.4, -0.2) is 21.5 Å². The average molecular weight is 355 g/mol. The number of aryl methyl sites for hydroxylation is 1. The van der Waals surface area contributed by atoms with Gasteiger partial charge in [-0.1, -0.05) is 35.0 Å². The normalized spacial score (nSPS) is 13.2. The molecule has 0 atom stereocenters. The van der Waals surface area contributed by atoms with Crippen LogP contribution < -0.4 is 5.56 Å². The van der Waals surface area contributed by atoms with Gasteiger partial charge in [0.15, 0.2) is 10.9 Å². The standard InChI is InChI=1S/C15H12Cl2N2O2S/c16-8-4-5-9(11(17)6-8)13(20)7-22-15-18-12-3-1-2-10(12)14(21)19-15/h4-6H,1-3,7H2,(H,18,19,21). The number of carbonyl (C=O) groups excluding carboxylic acids is 1. The van der Waals surface area contributed by atoms with E-state index in [1.54, 1.807) is 12.1 Å². The lowest BCUT2D eigenvalue weighted by Gasteiger charge is -2.05. The van der Waals surface area contributed by atoms with Gasteiger partial charge in [-0.2, -0.15) is 0 Å². The Kier molecular flexibility index (Phi) is 4.57. The summed E-state index contributed by atoms with van der Waals surface area (Å²) < 4.78 is 0. The summed E-state index contributed by atoms with van der Waals surface area (Å²) in [5, 5.41) is 1.29. The van der Waals surface area contributed by atoms with Crippen LogP contribution in [0.25, 0.3) is 0 Å². The second-order valence-corrected chi connectivity index (χ2v) is 6.79. The van der Waals surface area contributed by atoms with Gasteiger partial charge < -0.3 is 4.98 Å². The fourth-order valence-corrected chi connectivity index (χ4v) is 3.69. The van der Waals surface area contributed by atoms with Gasteiger partial charge in [0.05, 0.1) is 16.5 Å². The molecular weight excluding hydrogens is 343 g/mol. The van der Waals surface area contributed by atoms with E-state index in [-0.39, 0.29) is 17.1 Å². The number of carbonyl (C=O) groups is 1. The zero-order valence-corrected chi connectivity index (χ0v) is 13.8. The fraction of sp³-hybridized carbons (Fsp3) is 0.267. The van der Waals surface area contributed by atoms with E-state index in [4.69, 9.17) is 23.2 Å². The van der Waals surface area contributed by atoms with E-state index in [0.29, 0.717) is 20.8 Å². The molecule has 3 rings (SSSR count). The molecule has 4 nitrogen and oxygen atoms in total. The summed E-state index contributed by atoms with van der Waals surface area (Å²) in [5.74, 6) is 0.0260. The molecule has 1 aromatic heterocycles. The van der Waals surface area contributed by atoms with Crippen molar-refractivity contribution in [3.63, 3.8) is 0 Å². The molecule has 0 saturated carbocycles. The van der Waals surface area contributed by atoms with E-state index in [1.165, 1.54) is 17.8 Å². The summed E-state index contributed by atoms with van der Waals surface area (Å²) in [6.45, 7) is 0. The van der Waals surface area contributed by atoms with Crippen molar-refractivity contribution < 1.29 is 4.79 Å². The third kappa shape index (κ3) is 3.21. The molecule has 0 saturated heterocycles. The van der Waals surface area contributed by atoms with Crippen molar-refractivity contribution in [2.24, 2.45) is 0 Å². The number of H-pyrrole nitrogens is 1. The Balaban J connectivity index is 1.74. The number of rotatable bonds is 4. The Morgan fingerprint density at radius 3 is 2.91 bits per heavy atom. The lowest BCUT2D eigenvalue weighted by atomic mass is 10.1. The van der Waals surface area contributed by atoms with Crippen molar-refractivity contribution in [1.82, 2.24) is 9.97 Å². The molecular formula is C15H12Cl2N2O2S. The average Bonchev–Trinajstić information content (AvgIpc) is 2.93. The number of aromatic amines is 1. The van der Waals surface area contributed by atoms with E-state index in [0.717, 1.165) is 30.5 Å². The zero-order chi connectivity index (χ0) is 15.7. The van der Waals surface area contributed by atoms with Crippen molar-refractivity contribution in [2.45, 2.75) is 24.4 Å². The Hall–Kier alpha value is -1.30. The minimum absolute atomic E-state index is 0.0954. The maximum atomic E-state index is 12.2. The van der Waals surface area contributed by atoms with Crippen molar-refractivity contribution >= 4 is 40.7 Å². The first-order valence-corrected chi connectivity index (χ1v) is 8.52. The third-order valence-electron chi connectivity index (χ3n) is 3.49. The number of halogens is 2. The van der Waals surface area contributed by atoms with E-state index in [1.807, 2.05) is 0 Å². The lowest BCUT2D eigenvalue weighted by Crippen LogP contribution is -2.15. The van der Waals surface area contributed by atoms with Crippen LogP contribution in [0.2, 0.25) is 10.0 Å². The highest BCUT2D eigenvalue weighted by atomic mass is 35.5. The van der Waals surface area contributed by atoms with Crippen molar-refractivity contribution in [1.29, 1.82) is 0 Å². The number of nitrogens with zero attached hydrogens (tertiary/aromatic N) is 1. The number of ketones is 1. The highest BCUT2D eigenvalue weighted by Gasteiger charge is 2.18. The monoisotopic (exact) mass is 354 g/mol. The smallest absolute Gasteiger partial charge is 0.254 e. The van der Waals surface area contributed by atoms with Gasteiger partial charge in [0.1, 0.15) is 0 Å². The molecule has 1 aromatic carbocycles. The summed E-state index contributed by atoms with van der Waals surface area (Å²) in [6, 6.07) is 4.77. The molecule has 1 aliphatic rings. The number of hydrogen-bond acceptors (Lipinski definition) is 4. The van der Waals surface area contributed by atoms with Crippen LogP contribution in [0.3, 0.4) is 0 Å². The molecule has 2 aromatic rings. The van der Waals surface area contributed by atoms with Crippen molar-refractivity contribution in [2.75, 3.05) is 5.75 Å². The first-order chi connectivity index (χ1) is 10.5. The molecule has 7 heteroatoms. The molecule has 0 radical (unpaired) electrons. The molecule has 114 valence electrons. The Bertz CT molecular complexity index is 805. The Morgan fingerprint density at radius 1 is 1.32 bits per heavy atom. The van der Waals surface area contributed by atoms with Crippen LogP contribution in [0.4, 0.5) is 0 Å². The van der Waals surface area contributed by atoms with Crippen LogP contribution in [0, 0.1) is 0 Å². The van der Waals surface area contributed by atoms with Gasteiger partial charge >= 0.3 is 0 Å². The highest BCUT2D eigenvalue weighted by Crippen LogP contribution is 2.24. The highest BCUT2D eigenvalue weighted by molar-refractivity contribution is 7.99. The topological polar surface area (TPSA) is 62.8 Å². The third-order valence-corrected chi connectivity index (χ3v) is 4.91. The Morgan fingerprint density at radius 2 is 2.14 bits per heavy atom. The van der Waals surface area contributed by atoms with Crippen LogP contribution in [0.1, 0.15) is 28.0 Å². The van der Waals surface area contributed by atoms with Gasteiger partial charge in [-0.3, -0.25) is 9.59 Å². The lowest BCUT2D eigenvalue weighted by molar-refractivity contribution is 0.102. The number of benzene rings is 1. The predicted molar refractivity (Wildman–Crippen MR) is 88.4 cm³/mol. The van der Waals surface area contributed by atoms with Gasteiger partial charge in [0.2, 0.25) is 0 Å². The fourth-order valence-electron chi connectivity index (χ4n) is 2.41. The summed E-state index contributed by atoms with van der Waals surface area (Å²) >= 11 is 13.0. The van der Waals surface area contributed by atoms with E-state index >= 15 is 0 Å². The quantitative estimate of drug-likeness (QED) is 0.518. The number of Topliss-reactive ketones (excluding diaryl/α,β-unsaturated/α-hetero) is 1. The predicted octanol–water partition coefficient (Wildman–Crippen LogP) is 3.54. The summed E-state index contributed by atoms with van der Waals surface area (Å²) in [5.41, 5.74) is 1.95. The summed E-state index contributed by atoms with van der Waals surface area (Å²) in [4.78, 5) is 31.3. The van der Waals surface area contributed by atoms with Gasteiger partial charge in [-0.25, -0.2) is 4.98 Å². The largest absolute Gasteiger partial charge is 0.301 e. The maximum Gasteiger partial charge on any atom is 0.254 e. The van der Waals surface area contributed by atoms with Gasteiger partial charge in [0.25, 0.3) is 5.56 Å².